The second-order valence-corrected chi connectivity index (χ2v) is 7.84. The lowest BCUT2D eigenvalue weighted by Crippen LogP contribution is -2.75. The highest BCUT2D eigenvalue weighted by Crippen LogP contribution is 2.79. The Kier molecular flexibility index (Phi) is 2.91. The van der Waals surface area contributed by atoms with Crippen molar-refractivity contribution >= 4 is 56.5 Å². The lowest BCUT2D eigenvalue weighted by atomic mass is 9.54. The van der Waals surface area contributed by atoms with E-state index in [0.717, 1.165) is 11.0 Å². The molecule has 1 aliphatic rings. The van der Waals surface area contributed by atoms with Crippen LogP contribution >= 0.6 is 56.5 Å². The first-order chi connectivity index (χ1) is 5.56. The van der Waals surface area contributed by atoms with Crippen molar-refractivity contribution in [2.24, 2.45) is 10.8 Å². The quantitative estimate of drug-likeness (QED) is 0.606. The van der Waals surface area contributed by atoms with Crippen LogP contribution in [0, 0.1) is 10.8 Å². The lowest BCUT2D eigenvalue weighted by molar-refractivity contribution is -0.0118. The van der Waals surface area contributed by atoms with Crippen molar-refractivity contribution in [1.29, 1.82) is 0 Å². The highest BCUT2D eigenvalue weighted by molar-refractivity contribution is 8.23. The molecular formula is C8H12Cl4S. The molecule has 13 heavy (non-hydrogen) atoms. The van der Waals surface area contributed by atoms with Gasteiger partial charge in [-0.1, -0.05) is 27.7 Å². The van der Waals surface area contributed by atoms with Gasteiger partial charge in [-0.15, -0.1) is 34.8 Å². The largest absolute Gasteiger partial charge is 0.133 e. The van der Waals surface area contributed by atoms with Crippen LogP contribution in [0.15, 0.2) is 0 Å². The fourth-order valence-electron chi connectivity index (χ4n) is 2.10. The van der Waals surface area contributed by atoms with E-state index >= 15 is 0 Å². The summed E-state index contributed by atoms with van der Waals surface area (Å²) in [6.45, 7) is 7.72. The van der Waals surface area contributed by atoms with Gasteiger partial charge in [0.05, 0.1) is 0 Å². The van der Waals surface area contributed by atoms with Crippen molar-refractivity contribution in [3.63, 3.8) is 0 Å². The standard InChI is InChI=1S/C8H12Cl4S/c1-5(2)7(9,10)6(3,4)8(5,11)13-12/h1-4H3. The normalized spacial score (nSPS) is 32.3. The molecule has 0 aromatic heterocycles. The van der Waals surface area contributed by atoms with Gasteiger partial charge in [0.1, 0.15) is 8.54 Å². The number of hydrogen-bond acceptors (Lipinski definition) is 1. The van der Waals surface area contributed by atoms with Gasteiger partial charge >= 0.3 is 0 Å². The Morgan fingerprint density at radius 3 is 1.31 bits per heavy atom. The maximum atomic E-state index is 6.42. The first kappa shape index (κ1) is 12.6. The minimum Gasteiger partial charge on any atom is -0.105 e. The van der Waals surface area contributed by atoms with Crippen LogP contribution in [0.3, 0.4) is 0 Å². The van der Waals surface area contributed by atoms with E-state index in [2.05, 4.69) is 0 Å². The summed E-state index contributed by atoms with van der Waals surface area (Å²) in [4.78, 5) is 0. The van der Waals surface area contributed by atoms with Crippen molar-refractivity contribution in [3.8, 4) is 0 Å². The summed E-state index contributed by atoms with van der Waals surface area (Å²) in [7, 11) is 6.91. The molecule has 0 aliphatic heterocycles. The minimum absolute atomic E-state index is 0.416. The van der Waals surface area contributed by atoms with Crippen LogP contribution < -0.4 is 0 Å². The molecule has 0 unspecified atom stereocenters. The lowest BCUT2D eigenvalue weighted by Gasteiger charge is -2.70. The van der Waals surface area contributed by atoms with Gasteiger partial charge < -0.3 is 0 Å². The summed E-state index contributed by atoms with van der Waals surface area (Å²) in [6.07, 6.45) is 0. The summed E-state index contributed by atoms with van der Waals surface area (Å²) in [6, 6.07) is 0. The summed E-state index contributed by atoms with van der Waals surface area (Å²) >= 11 is 18.9. The molecule has 1 fully saturated rings. The Balaban J connectivity index is 3.18. The van der Waals surface area contributed by atoms with Gasteiger partial charge in [0.25, 0.3) is 0 Å². The summed E-state index contributed by atoms with van der Waals surface area (Å²) in [5.74, 6) is 0. The molecule has 1 saturated carbocycles. The zero-order valence-electron chi connectivity index (χ0n) is 7.92. The summed E-state index contributed by atoms with van der Waals surface area (Å²) in [5, 5.41) is 0. The third-order valence-corrected chi connectivity index (χ3v) is 8.51. The summed E-state index contributed by atoms with van der Waals surface area (Å²) in [5.41, 5.74) is -0.832. The molecule has 0 saturated heterocycles. The molecule has 1 aliphatic carbocycles. The molecule has 0 radical (unpaired) electrons. The van der Waals surface area contributed by atoms with E-state index in [-0.39, 0.29) is 0 Å². The predicted octanol–water partition coefficient (Wildman–Crippen LogP) is 5.05. The predicted molar refractivity (Wildman–Crippen MR) is 64.0 cm³/mol. The van der Waals surface area contributed by atoms with Gasteiger partial charge in [0.2, 0.25) is 0 Å². The SMILES string of the molecule is CC1(C)C(Cl)(Cl)C(C)(C)C1(Cl)SCl. The van der Waals surface area contributed by atoms with E-state index in [4.69, 9.17) is 45.5 Å². The Morgan fingerprint density at radius 2 is 1.15 bits per heavy atom. The van der Waals surface area contributed by atoms with Gasteiger partial charge in [-0.25, -0.2) is 0 Å². The summed E-state index contributed by atoms with van der Waals surface area (Å²) < 4.78 is -1.46. The van der Waals surface area contributed by atoms with Crippen LogP contribution in [0.1, 0.15) is 27.7 Å². The van der Waals surface area contributed by atoms with Crippen molar-refractivity contribution < 1.29 is 0 Å². The zero-order chi connectivity index (χ0) is 10.7. The van der Waals surface area contributed by atoms with E-state index < -0.39 is 19.4 Å². The van der Waals surface area contributed by atoms with E-state index in [1.165, 1.54) is 0 Å². The number of rotatable bonds is 1. The number of alkyl halides is 3. The maximum absolute atomic E-state index is 6.42. The Bertz CT molecular complexity index is 216. The van der Waals surface area contributed by atoms with Crippen LogP contribution in [-0.2, 0) is 0 Å². The monoisotopic (exact) mass is 280 g/mol. The van der Waals surface area contributed by atoms with E-state index in [1.807, 2.05) is 27.7 Å². The van der Waals surface area contributed by atoms with Crippen molar-refractivity contribution in [3.05, 3.63) is 0 Å². The molecule has 0 aromatic rings. The molecule has 0 aromatic carbocycles. The Labute approximate surface area is 103 Å². The molecule has 0 amide bonds. The van der Waals surface area contributed by atoms with Crippen LogP contribution in [0.2, 0.25) is 0 Å². The fraction of sp³-hybridized carbons (Fsp3) is 1.00. The molecule has 0 heterocycles. The molecule has 0 atom stereocenters. The molecule has 0 nitrogen and oxygen atoms in total. The van der Waals surface area contributed by atoms with Gasteiger partial charge in [-0.05, 0) is 21.7 Å². The van der Waals surface area contributed by atoms with Crippen LogP contribution in [0.25, 0.3) is 0 Å². The fourth-order valence-corrected chi connectivity index (χ4v) is 5.21. The van der Waals surface area contributed by atoms with E-state index in [1.54, 1.807) is 0 Å². The smallest absolute Gasteiger partial charge is 0.105 e. The highest BCUT2D eigenvalue weighted by atomic mass is 35.7. The van der Waals surface area contributed by atoms with Crippen molar-refractivity contribution in [2.45, 2.75) is 36.2 Å². The van der Waals surface area contributed by atoms with Gasteiger partial charge in [0.15, 0.2) is 0 Å². The Morgan fingerprint density at radius 1 is 0.846 bits per heavy atom. The molecular weight excluding hydrogens is 270 g/mol. The minimum atomic E-state index is -0.844. The molecule has 0 bridgehead atoms. The van der Waals surface area contributed by atoms with Crippen molar-refractivity contribution in [1.82, 2.24) is 0 Å². The average Bonchev–Trinajstić information content (AvgIpc) is 2.00. The molecule has 5 heteroatoms. The van der Waals surface area contributed by atoms with E-state index in [0.29, 0.717) is 0 Å². The van der Waals surface area contributed by atoms with Crippen molar-refractivity contribution in [2.75, 3.05) is 0 Å². The maximum Gasteiger partial charge on any atom is 0.133 e. The van der Waals surface area contributed by atoms with Gasteiger partial charge in [-0.3, -0.25) is 0 Å². The second-order valence-electron chi connectivity index (χ2n) is 4.50. The molecule has 0 spiro atoms. The third kappa shape index (κ3) is 1.09. The topological polar surface area (TPSA) is 0 Å². The van der Waals surface area contributed by atoms with Gasteiger partial charge in [-0.2, -0.15) is 0 Å². The second kappa shape index (κ2) is 3.01. The number of hydrogen-bond donors (Lipinski definition) is 0. The molecule has 78 valence electrons. The van der Waals surface area contributed by atoms with Crippen LogP contribution in [0.4, 0.5) is 0 Å². The first-order valence-electron chi connectivity index (χ1n) is 3.93. The van der Waals surface area contributed by atoms with E-state index in [9.17, 15) is 0 Å². The zero-order valence-corrected chi connectivity index (χ0v) is 11.8. The molecule has 0 N–H and O–H groups in total. The van der Waals surface area contributed by atoms with Crippen LogP contribution in [-0.4, -0.2) is 8.54 Å². The number of halogens is 4. The van der Waals surface area contributed by atoms with Gasteiger partial charge in [0, 0.05) is 10.8 Å². The average molecular weight is 282 g/mol. The Hall–Kier alpha value is 1.51. The third-order valence-electron chi connectivity index (χ3n) is 3.28. The molecule has 1 rings (SSSR count). The first-order valence-corrected chi connectivity index (χ1v) is 6.70. The van der Waals surface area contributed by atoms with Crippen LogP contribution in [0.5, 0.6) is 0 Å². The highest BCUT2D eigenvalue weighted by Gasteiger charge is 2.80.